The van der Waals surface area contributed by atoms with E-state index in [1.165, 1.54) is 0 Å². The third kappa shape index (κ3) is 4.53. The molecule has 1 amide bonds. The number of likely N-dealkylation sites (tertiary alicyclic amines) is 1. The van der Waals surface area contributed by atoms with Gasteiger partial charge in [-0.3, -0.25) is 0 Å². The average Bonchev–Trinajstić information content (AvgIpc) is 2.84. The molecule has 2 rings (SSSR count). The molecule has 0 radical (unpaired) electrons. The van der Waals surface area contributed by atoms with Gasteiger partial charge in [-0.05, 0) is 32.8 Å². The van der Waals surface area contributed by atoms with Crippen LogP contribution in [0.1, 0.15) is 32.8 Å². The summed E-state index contributed by atoms with van der Waals surface area (Å²) in [4.78, 5) is 13.7. The van der Waals surface area contributed by atoms with Gasteiger partial charge < -0.3 is 14.4 Å². The zero-order chi connectivity index (χ0) is 14.6. The fourth-order valence-electron chi connectivity index (χ4n) is 2.14. The van der Waals surface area contributed by atoms with Gasteiger partial charge in [0.1, 0.15) is 5.60 Å². The summed E-state index contributed by atoms with van der Waals surface area (Å²) >= 11 is 0. The highest BCUT2D eigenvalue weighted by molar-refractivity contribution is 5.68. The first kappa shape index (κ1) is 14.9. The lowest BCUT2D eigenvalue weighted by Crippen LogP contribution is -2.36. The molecule has 0 saturated carbocycles. The number of amides is 1. The van der Waals surface area contributed by atoms with Crippen molar-refractivity contribution in [2.45, 2.75) is 45.5 Å². The first-order valence-electron chi connectivity index (χ1n) is 7.07. The zero-order valence-corrected chi connectivity index (χ0v) is 12.5. The maximum absolute atomic E-state index is 11.9. The monoisotopic (exact) mass is 277 g/mol. The number of benzene rings is 1. The summed E-state index contributed by atoms with van der Waals surface area (Å²) in [6, 6.07) is 10.1. The second-order valence-corrected chi connectivity index (χ2v) is 6.13. The Morgan fingerprint density at radius 2 is 2.00 bits per heavy atom. The third-order valence-electron chi connectivity index (χ3n) is 3.13. The van der Waals surface area contributed by atoms with Crippen molar-refractivity contribution >= 4 is 6.09 Å². The van der Waals surface area contributed by atoms with E-state index < -0.39 is 5.60 Å². The fourth-order valence-corrected chi connectivity index (χ4v) is 2.14. The lowest BCUT2D eigenvalue weighted by molar-refractivity contribution is 0.0184. The minimum absolute atomic E-state index is 0.0997. The SMILES string of the molecule is CC(C)(C)OC(=O)N1CC[C@@H](OCc2ccccc2)C1. The summed E-state index contributed by atoms with van der Waals surface area (Å²) in [5.41, 5.74) is 0.711. The van der Waals surface area contributed by atoms with E-state index in [0.29, 0.717) is 19.7 Å². The molecule has 1 aliphatic rings. The van der Waals surface area contributed by atoms with Gasteiger partial charge in [-0.25, -0.2) is 4.79 Å². The molecule has 1 aliphatic heterocycles. The number of hydrogen-bond donors (Lipinski definition) is 0. The van der Waals surface area contributed by atoms with Crippen LogP contribution in [0.2, 0.25) is 0 Å². The average molecular weight is 277 g/mol. The fraction of sp³-hybridized carbons (Fsp3) is 0.562. The number of carbonyl (C=O) groups is 1. The van der Waals surface area contributed by atoms with Crippen LogP contribution in [0.5, 0.6) is 0 Å². The predicted octanol–water partition coefficient (Wildman–Crippen LogP) is 3.21. The molecule has 0 aliphatic carbocycles. The van der Waals surface area contributed by atoms with Crippen LogP contribution in [0, 0.1) is 0 Å². The van der Waals surface area contributed by atoms with Crippen LogP contribution < -0.4 is 0 Å². The van der Waals surface area contributed by atoms with Gasteiger partial charge in [0.05, 0.1) is 19.3 Å². The molecule has 0 spiro atoms. The molecular weight excluding hydrogens is 254 g/mol. The molecule has 110 valence electrons. The van der Waals surface area contributed by atoms with Crippen molar-refractivity contribution < 1.29 is 14.3 Å². The molecule has 4 nitrogen and oxygen atoms in total. The van der Waals surface area contributed by atoms with E-state index >= 15 is 0 Å². The minimum atomic E-state index is -0.444. The lowest BCUT2D eigenvalue weighted by atomic mass is 10.2. The van der Waals surface area contributed by atoms with Gasteiger partial charge in [-0.15, -0.1) is 0 Å². The summed E-state index contributed by atoms with van der Waals surface area (Å²) in [7, 11) is 0. The number of nitrogens with zero attached hydrogens (tertiary/aromatic N) is 1. The molecule has 0 bridgehead atoms. The van der Waals surface area contributed by atoms with Crippen molar-refractivity contribution in [3.63, 3.8) is 0 Å². The summed E-state index contributed by atoms with van der Waals surface area (Å²) < 4.78 is 11.2. The molecule has 0 aromatic heterocycles. The molecule has 20 heavy (non-hydrogen) atoms. The molecule has 1 heterocycles. The van der Waals surface area contributed by atoms with Gasteiger partial charge in [0.15, 0.2) is 0 Å². The standard InChI is InChI=1S/C16H23NO3/c1-16(2,3)20-15(18)17-10-9-14(11-17)19-12-13-7-5-4-6-8-13/h4-8,14H,9-12H2,1-3H3/t14-/m1/s1. The highest BCUT2D eigenvalue weighted by atomic mass is 16.6. The molecule has 1 fully saturated rings. The van der Waals surface area contributed by atoms with Crippen LogP contribution in [0.15, 0.2) is 30.3 Å². The normalized spacial score (nSPS) is 19.1. The molecule has 1 aromatic rings. The Morgan fingerprint density at radius 3 is 2.65 bits per heavy atom. The number of ether oxygens (including phenoxy) is 2. The van der Waals surface area contributed by atoms with Gasteiger partial charge in [0.25, 0.3) is 0 Å². The van der Waals surface area contributed by atoms with Crippen LogP contribution in [-0.4, -0.2) is 35.8 Å². The Balaban J connectivity index is 1.76. The lowest BCUT2D eigenvalue weighted by Gasteiger charge is -2.24. The van der Waals surface area contributed by atoms with Gasteiger partial charge in [0, 0.05) is 6.54 Å². The largest absolute Gasteiger partial charge is 0.444 e. The summed E-state index contributed by atoms with van der Waals surface area (Å²) in [5, 5.41) is 0. The van der Waals surface area contributed by atoms with Gasteiger partial charge in [0.2, 0.25) is 0 Å². The Kier molecular flexibility index (Phi) is 4.65. The Hall–Kier alpha value is -1.55. The molecule has 1 aromatic carbocycles. The summed E-state index contributed by atoms with van der Waals surface area (Å²) in [5.74, 6) is 0. The second-order valence-electron chi connectivity index (χ2n) is 6.13. The van der Waals surface area contributed by atoms with E-state index in [0.717, 1.165) is 12.0 Å². The maximum Gasteiger partial charge on any atom is 0.410 e. The van der Waals surface area contributed by atoms with E-state index in [2.05, 4.69) is 0 Å². The van der Waals surface area contributed by atoms with Crippen molar-refractivity contribution in [1.82, 2.24) is 4.90 Å². The quantitative estimate of drug-likeness (QED) is 0.851. The van der Waals surface area contributed by atoms with Crippen LogP contribution >= 0.6 is 0 Å². The molecular formula is C16H23NO3. The van der Waals surface area contributed by atoms with Gasteiger partial charge >= 0.3 is 6.09 Å². The summed E-state index contributed by atoms with van der Waals surface area (Å²) in [6.07, 6.45) is 0.720. The van der Waals surface area contributed by atoms with E-state index in [4.69, 9.17) is 9.47 Å². The van der Waals surface area contributed by atoms with Crippen molar-refractivity contribution in [1.29, 1.82) is 0 Å². The van der Waals surface area contributed by atoms with E-state index in [-0.39, 0.29) is 12.2 Å². The number of carbonyl (C=O) groups excluding carboxylic acids is 1. The Bertz CT molecular complexity index is 439. The number of rotatable bonds is 3. The molecule has 0 N–H and O–H groups in total. The molecule has 1 saturated heterocycles. The molecule has 1 atom stereocenters. The highest BCUT2D eigenvalue weighted by Crippen LogP contribution is 2.18. The maximum atomic E-state index is 11.9. The van der Waals surface area contributed by atoms with E-state index in [9.17, 15) is 4.79 Å². The summed E-state index contributed by atoms with van der Waals surface area (Å²) in [6.45, 7) is 7.54. The van der Waals surface area contributed by atoms with Gasteiger partial charge in [-0.1, -0.05) is 30.3 Å². The van der Waals surface area contributed by atoms with Crippen LogP contribution in [-0.2, 0) is 16.1 Å². The smallest absolute Gasteiger partial charge is 0.410 e. The minimum Gasteiger partial charge on any atom is -0.444 e. The van der Waals surface area contributed by atoms with E-state index in [1.807, 2.05) is 51.1 Å². The first-order valence-corrected chi connectivity index (χ1v) is 7.07. The predicted molar refractivity (Wildman–Crippen MR) is 77.4 cm³/mol. The Labute approximate surface area is 120 Å². The van der Waals surface area contributed by atoms with Crippen LogP contribution in [0.3, 0.4) is 0 Å². The number of hydrogen-bond acceptors (Lipinski definition) is 3. The first-order chi connectivity index (χ1) is 9.44. The Morgan fingerprint density at radius 1 is 1.30 bits per heavy atom. The van der Waals surface area contributed by atoms with E-state index in [1.54, 1.807) is 4.90 Å². The van der Waals surface area contributed by atoms with Crippen molar-refractivity contribution in [2.75, 3.05) is 13.1 Å². The van der Waals surface area contributed by atoms with Crippen LogP contribution in [0.25, 0.3) is 0 Å². The van der Waals surface area contributed by atoms with Crippen molar-refractivity contribution in [3.8, 4) is 0 Å². The van der Waals surface area contributed by atoms with Crippen LogP contribution in [0.4, 0.5) is 4.79 Å². The molecule has 0 unspecified atom stereocenters. The second kappa shape index (κ2) is 6.27. The highest BCUT2D eigenvalue weighted by Gasteiger charge is 2.30. The molecule has 4 heteroatoms. The third-order valence-corrected chi connectivity index (χ3v) is 3.13. The van der Waals surface area contributed by atoms with Gasteiger partial charge in [-0.2, -0.15) is 0 Å². The topological polar surface area (TPSA) is 38.8 Å². The van der Waals surface area contributed by atoms with Crippen molar-refractivity contribution in [3.05, 3.63) is 35.9 Å². The van der Waals surface area contributed by atoms with Crippen molar-refractivity contribution in [2.24, 2.45) is 0 Å². The zero-order valence-electron chi connectivity index (χ0n) is 12.5.